The standard InChI is InChI=1S/C10H14O7/c1-4-9(12)16-14-5-8(11)6-15-17-10(13)7(2)3/h4,8,11H,1-2,5-6H2,3H3. The quantitative estimate of drug-likeness (QED) is 0.368. The van der Waals surface area contributed by atoms with Crippen molar-refractivity contribution < 1.29 is 34.2 Å². The molecule has 0 aromatic rings. The van der Waals surface area contributed by atoms with E-state index in [4.69, 9.17) is 0 Å². The lowest BCUT2D eigenvalue weighted by atomic mass is 10.4. The molecule has 0 aliphatic rings. The zero-order chi connectivity index (χ0) is 13.3. The number of carbonyl (C=O) groups excluding carboxylic acids is 2. The average molecular weight is 246 g/mol. The van der Waals surface area contributed by atoms with Crippen LogP contribution in [0.25, 0.3) is 0 Å². The van der Waals surface area contributed by atoms with E-state index in [1.54, 1.807) is 0 Å². The lowest BCUT2D eigenvalue weighted by Gasteiger charge is -2.09. The highest BCUT2D eigenvalue weighted by atomic mass is 17.2. The minimum absolute atomic E-state index is 0.163. The maximum absolute atomic E-state index is 10.8. The van der Waals surface area contributed by atoms with E-state index in [1.807, 2.05) is 0 Å². The van der Waals surface area contributed by atoms with E-state index in [1.165, 1.54) is 6.92 Å². The van der Waals surface area contributed by atoms with E-state index in [9.17, 15) is 14.7 Å². The molecule has 0 aromatic heterocycles. The molecule has 0 heterocycles. The third-order valence-electron chi connectivity index (χ3n) is 1.31. The van der Waals surface area contributed by atoms with E-state index in [0.29, 0.717) is 0 Å². The molecule has 96 valence electrons. The van der Waals surface area contributed by atoms with Crippen LogP contribution in [0.5, 0.6) is 0 Å². The van der Waals surface area contributed by atoms with Crippen molar-refractivity contribution in [2.24, 2.45) is 0 Å². The minimum Gasteiger partial charge on any atom is -0.388 e. The van der Waals surface area contributed by atoms with E-state index in [-0.39, 0.29) is 18.8 Å². The van der Waals surface area contributed by atoms with Crippen molar-refractivity contribution in [2.75, 3.05) is 13.2 Å². The summed E-state index contributed by atoms with van der Waals surface area (Å²) in [7, 11) is 0. The fourth-order valence-electron chi connectivity index (χ4n) is 0.490. The number of hydrogen-bond acceptors (Lipinski definition) is 7. The third-order valence-corrected chi connectivity index (χ3v) is 1.31. The molecule has 0 amide bonds. The molecule has 1 atom stereocenters. The van der Waals surface area contributed by atoms with Gasteiger partial charge >= 0.3 is 11.9 Å². The van der Waals surface area contributed by atoms with Crippen molar-refractivity contribution in [1.29, 1.82) is 0 Å². The van der Waals surface area contributed by atoms with Gasteiger partial charge in [0.15, 0.2) is 0 Å². The molecule has 7 nitrogen and oxygen atoms in total. The second-order valence-corrected chi connectivity index (χ2v) is 2.98. The molecule has 0 radical (unpaired) electrons. The van der Waals surface area contributed by atoms with Gasteiger partial charge in [0.2, 0.25) is 0 Å². The molecule has 17 heavy (non-hydrogen) atoms. The maximum atomic E-state index is 10.8. The summed E-state index contributed by atoms with van der Waals surface area (Å²) in [6.45, 7) is 7.25. The van der Waals surface area contributed by atoms with Gasteiger partial charge in [-0.15, -0.1) is 0 Å². The molecule has 0 rings (SSSR count). The summed E-state index contributed by atoms with van der Waals surface area (Å²) in [6.07, 6.45) is -0.220. The van der Waals surface area contributed by atoms with Crippen LogP contribution >= 0.6 is 0 Å². The molecule has 0 aliphatic heterocycles. The normalized spacial score (nSPS) is 11.4. The number of aliphatic hydroxyl groups is 1. The van der Waals surface area contributed by atoms with Crippen LogP contribution in [0.15, 0.2) is 24.8 Å². The minimum atomic E-state index is -1.12. The van der Waals surface area contributed by atoms with Gasteiger partial charge in [0, 0.05) is 11.6 Å². The molecular weight excluding hydrogens is 232 g/mol. The average Bonchev–Trinajstić information content (AvgIpc) is 2.28. The number of aliphatic hydroxyl groups excluding tert-OH is 1. The molecule has 0 aromatic carbocycles. The maximum Gasteiger partial charge on any atom is 0.368 e. The van der Waals surface area contributed by atoms with E-state index in [2.05, 4.69) is 32.7 Å². The van der Waals surface area contributed by atoms with Crippen molar-refractivity contribution in [1.82, 2.24) is 0 Å². The number of carbonyl (C=O) groups is 2. The molecular formula is C10H14O7. The highest BCUT2D eigenvalue weighted by molar-refractivity contribution is 5.86. The first-order chi connectivity index (χ1) is 7.97. The Morgan fingerprint density at radius 1 is 1.29 bits per heavy atom. The van der Waals surface area contributed by atoms with Crippen molar-refractivity contribution in [3.8, 4) is 0 Å². The summed E-state index contributed by atoms with van der Waals surface area (Å²) in [4.78, 5) is 38.5. The van der Waals surface area contributed by atoms with Crippen LogP contribution in [-0.4, -0.2) is 36.4 Å². The van der Waals surface area contributed by atoms with Gasteiger partial charge in [-0.05, 0) is 6.92 Å². The molecule has 0 spiro atoms. The van der Waals surface area contributed by atoms with Crippen LogP contribution in [0.2, 0.25) is 0 Å². The molecule has 0 saturated carbocycles. The lowest BCUT2D eigenvalue weighted by molar-refractivity contribution is -0.302. The predicted molar refractivity (Wildman–Crippen MR) is 55.1 cm³/mol. The van der Waals surface area contributed by atoms with Gasteiger partial charge in [-0.3, -0.25) is 9.78 Å². The van der Waals surface area contributed by atoms with Crippen LogP contribution < -0.4 is 0 Å². The van der Waals surface area contributed by atoms with Gasteiger partial charge < -0.3 is 5.11 Å². The zero-order valence-electron chi connectivity index (χ0n) is 9.38. The molecule has 1 N–H and O–H groups in total. The fourth-order valence-corrected chi connectivity index (χ4v) is 0.490. The van der Waals surface area contributed by atoms with Crippen molar-refractivity contribution >= 4 is 11.9 Å². The van der Waals surface area contributed by atoms with Gasteiger partial charge in [-0.25, -0.2) is 9.59 Å². The first-order valence-corrected chi connectivity index (χ1v) is 4.60. The Hall–Kier alpha value is -1.70. The zero-order valence-corrected chi connectivity index (χ0v) is 9.38. The van der Waals surface area contributed by atoms with Crippen molar-refractivity contribution in [3.05, 3.63) is 24.8 Å². The second-order valence-electron chi connectivity index (χ2n) is 2.98. The van der Waals surface area contributed by atoms with Gasteiger partial charge in [-0.2, -0.15) is 9.78 Å². The smallest absolute Gasteiger partial charge is 0.368 e. The molecule has 1 unspecified atom stereocenters. The summed E-state index contributed by atoms with van der Waals surface area (Å²) in [6, 6.07) is 0. The van der Waals surface area contributed by atoms with Crippen LogP contribution in [-0.2, 0) is 29.1 Å². The highest BCUT2D eigenvalue weighted by Gasteiger charge is 2.10. The molecule has 0 saturated heterocycles. The predicted octanol–water partition coefficient (Wildman–Crippen LogP) is 0.0590. The Kier molecular flexibility index (Phi) is 7.61. The van der Waals surface area contributed by atoms with Crippen LogP contribution in [0.4, 0.5) is 0 Å². The van der Waals surface area contributed by atoms with Crippen molar-refractivity contribution in [3.63, 3.8) is 0 Å². The first-order valence-electron chi connectivity index (χ1n) is 4.60. The summed E-state index contributed by atoms with van der Waals surface area (Å²) in [5.74, 6) is -1.52. The van der Waals surface area contributed by atoms with Crippen LogP contribution in [0.3, 0.4) is 0 Å². The fraction of sp³-hybridized carbons (Fsp3) is 0.400. The van der Waals surface area contributed by atoms with Gasteiger partial charge in [-0.1, -0.05) is 13.2 Å². The van der Waals surface area contributed by atoms with E-state index >= 15 is 0 Å². The SMILES string of the molecule is C=CC(=O)OOCC(O)COOC(=O)C(=C)C. The summed E-state index contributed by atoms with van der Waals surface area (Å²) >= 11 is 0. The van der Waals surface area contributed by atoms with E-state index < -0.39 is 18.0 Å². The molecule has 0 fully saturated rings. The Bertz CT molecular complexity index is 297. The monoisotopic (exact) mass is 246 g/mol. The largest absolute Gasteiger partial charge is 0.388 e. The van der Waals surface area contributed by atoms with Gasteiger partial charge in [0.25, 0.3) is 0 Å². The van der Waals surface area contributed by atoms with Crippen LogP contribution in [0.1, 0.15) is 6.92 Å². The van der Waals surface area contributed by atoms with Crippen molar-refractivity contribution in [2.45, 2.75) is 13.0 Å². The van der Waals surface area contributed by atoms with E-state index in [0.717, 1.165) is 6.08 Å². The first kappa shape index (κ1) is 15.3. The second kappa shape index (κ2) is 8.45. The Balaban J connectivity index is 3.56. The summed E-state index contributed by atoms with van der Waals surface area (Å²) < 4.78 is 0. The Labute approximate surface area is 98.1 Å². The Morgan fingerprint density at radius 2 is 1.82 bits per heavy atom. The molecule has 0 bridgehead atoms. The van der Waals surface area contributed by atoms with Gasteiger partial charge in [0.1, 0.15) is 19.3 Å². The highest BCUT2D eigenvalue weighted by Crippen LogP contribution is 1.95. The summed E-state index contributed by atoms with van der Waals surface area (Å²) in [5, 5.41) is 9.21. The lowest BCUT2D eigenvalue weighted by Crippen LogP contribution is -2.23. The number of rotatable bonds is 8. The Morgan fingerprint density at radius 3 is 2.29 bits per heavy atom. The topological polar surface area (TPSA) is 91.3 Å². The number of hydrogen-bond donors (Lipinski definition) is 1. The summed E-state index contributed by atoms with van der Waals surface area (Å²) in [5.41, 5.74) is 0.163. The molecule has 0 aliphatic carbocycles. The van der Waals surface area contributed by atoms with Gasteiger partial charge in [0.05, 0.1) is 0 Å². The third kappa shape index (κ3) is 8.14. The molecule has 7 heteroatoms. The van der Waals surface area contributed by atoms with Crippen LogP contribution in [0, 0.1) is 0 Å².